The van der Waals surface area contributed by atoms with Crippen LogP contribution in [-0.4, -0.2) is 35.3 Å². The van der Waals surface area contributed by atoms with Crippen molar-refractivity contribution >= 4 is 17.5 Å². The number of hydrogen-bond donors (Lipinski definition) is 2. The second-order valence-corrected chi connectivity index (χ2v) is 7.11. The van der Waals surface area contributed by atoms with Gasteiger partial charge in [-0.05, 0) is 55.3 Å². The van der Waals surface area contributed by atoms with Crippen LogP contribution in [0, 0.1) is 6.92 Å². The van der Waals surface area contributed by atoms with Crippen molar-refractivity contribution in [3.8, 4) is 17.2 Å². The highest BCUT2D eigenvalue weighted by molar-refractivity contribution is 5.95. The quantitative estimate of drug-likeness (QED) is 0.679. The first-order chi connectivity index (χ1) is 14.4. The van der Waals surface area contributed by atoms with Gasteiger partial charge in [0.25, 0.3) is 11.8 Å². The molecular formula is C22H22N4O4. The Kier molecular flexibility index (Phi) is 5.14. The van der Waals surface area contributed by atoms with E-state index in [9.17, 15) is 9.59 Å². The summed E-state index contributed by atoms with van der Waals surface area (Å²) in [6.07, 6.45) is 1.72. The van der Waals surface area contributed by atoms with Gasteiger partial charge in [-0.3, -0.25) is 9.59 Å². The molecule has 0 aliphatic carbocycles. The number of benzene rings is 2. The molecule has 0 saturated heterocycles. The predicted molar refractivity (Wildman–Crippen MR) is 111 cm³/mol. The minimum absolute atomic E-state index is 0.00696. The number of fused-ring (bicyclic) bond motifs is 1. The lowest BCUT2D eigenvalue weighted by atomic mass is 10.1. The number of aryl methyl sites for hydroxylation is 1. The highest BCUT2D eigenvalue weighted by Gasteiger charge is 2.19. The first-order valence-corrected chi connectivity index (χ1v) is 9.53. The first kappa shape index (κ1) is 19.5. The molecule has 2 amide bonds. The largest absolute Gasteiger partial charge is 0.494 e. The molecule has 30 heavy (non-hydrogen) atoms. The van der Waals surface area contributed by atoms with Gasteiger partial charge < -0.3 is 20.1 Å². The summed E-state index contributed by atoms with van der Waals surface area (Å²) >= 11 is 0. The average Bonchev–Trinajstić information content (AvgIpc) is 3.23. The fourth-order valence-corrected chi connectivity index (χ4v) is 3.28. The molecule has 0 bridgehead atoms. The van der Waals surface area contributed by atoms with Crippen LogP contribution in [0.25, 0.3) is 5.69 Å². The van der Waals surface area contributed by atoms with Gasteiger partial charge in [0.15, 0.2) is 12.3 Å². The molecule has 154 valence electrons. The van der Waals surface area contributed by atoms with Gasteiger partial charge in [-0.2, -0.15) is 5.10 Å². The van der Waals surface area contributed by atoms with Gasteiger partial charge in [0.05, 0.1) is 18.8 Å². The zero-order chi connectivity index (χ0) is 21.3. The van der Waals surface area contributed by atoms with Crippen LogP contribution in [0.4, 0.5) is 5.69 Å². The Morgan fingerprint density at radius 2 is 2.10 bits per heavy atom. The third-order valence-electron chi connectivity index (χ3n) is 4.89. The summed E-state index contributed by atoms with van der Waals surface area (Å²) in [6.45, 7) is 3.85. The minimum atomic E-state index is -0.300. The molecule has 2 N–H and O–H groups in total. The van der Waals surface area contributed by atoms with Crippen molar-refractivity contribution < 1.29 is 19.1 Å². The Bertz CT molecular complexity index is 1120. The van der Waals surface area contributed by atoms with Gasteiger partial charge in [0.1, 0.15) is 17.2 Å². The van der Waals surface area contributed by atoms with E-state index in [2.05, 4.69) is 15.7 Å². The van der Waals surface area contributed by atoms with Gasteiger partial charge in [-0.1, -0.05) is 12.1 Å². The molecule has 0 saturated carbocycles. The molecule has 2 aromatic carbocycles. The Balaban J connectivity index is 1.51. The van der Waals surface area contributed by atoms with E-state index in [0.29, 0.717) is 22.9 Å². The van der Waals surface area contributed by atoms with Gasteiger partial charge >= 0.3 is 0 Å². The van der Waals surface area contributed by atoms with Crippen molar-refractivity contribution in [1.82, 2.24) is 15.1 Å². The molecule has 3 aromatic rings. The average molecular weight is 406 g/mol. The van der Waals surface area contributed by atoms with Crippen LogP contribution in [0.1, 0.15) is 34.6 Å². The number of carbonyl (C=O) groups is 2. The van der Waals surface area contributed by atoms with Gasteiger partial charge in [0.2, 0.25) is 0 Å². The lowest BCUT2D eigenvalue weighted by Crippen LogP contribution is -2.28. The molecule has 0 radical (unpaired) electrons. The Hall–Kier alpha value is -3.81. The van der Waals surface area contributed by atoms with Crippen molar-refractivity contribution in [2.45, 2.75) is 19.9 Å². The van der Waals surface area contributed by atoms with Crippen LogP contribution in [0.15, 0.2) is 48.7 Å². The molecule has 8 nitrogen and oxygen atoms in total. The Morgan fingerprint density at radius 3 is 2.90 bits per heavy atom. The third-order valence-corrected chi connectivity index (χ3v) is 4.89. The van der Waals surface area contributed by atoms with E-state index < -0.39 is 0 Å². The molecule has 8 heteroatoms. The maximum atomic E-state index is 12.7. The molecule has 2 heterocycles. The van der Waals surface area contributed by atoms with Crippen molar-refractivity contribution in [1.29, 1.82) is 0 Å². The third kappa shape index (κ3) is 3.84. The highest BCUT2D eigenvalue weighted by atomic mass is 16.5. The summed E-state index contributed by atoms with van der Waals surface area (Å²) in [5, 5.41) is 10.1. The number of carbonyl (C=O) groups excluding carboxylic acids is 2. The molecule has 4 rings (SSSR count). The molecule has 1 atom stereocenters. The van der Waals surface area contributed by atoms with E-state index in [0.717, 1.165) is 16.8 Å². The number of nitrogens with one attached hydrogen (secondary N) is 2. The molecule has 1 aromatic heterocycles. The predicted octanol–water partition coefficient (Wildman–Crippen LogP) is 3.01. The van der Waals surface area contributed by atoms with Crippen LogP contribution in [0.2, 0.25) is 0 Å². The smallest absolute Gasteiger partial charge is 0.272 e. The normalized spacial score (nSPS) is 13.6. The summed E-state index contributed by atoms with van der Waals surface area (Å²) < 4.78 is 12.4. The standard InChI is InChI=1S/C22H22N4O4/c1-13-4-6-20(29-3)18(10-13)26-9-8-16(25-26)22(28)23-14(2)15-5-7-19-17(11-15)24-21(27)12-30-19/h4-11,14H,12H2,1-3H3,(H,23,28)(H,24,27). The van der Waals surface area contributed by atoms with E-state index in [1.54, 1.807) is 36.2 Å². The number of rotatable bonds is 5. The summed E-state index contributed by atoms with van der Waals surface area (Å²) in [5.74, 6) is 0.782. The number of methoxy groups -OCH3 is 1. The summed E-state index contributed by atoms with van der Waals surface area (Å²) in [7, 11) is 1.60. The molecule has 1 aliphatic heterocycles. The van der Waals surface area contributed by atoms with Crippen molar-refractivity contribution in [2.24, 2.45) is 0 Å². The lowest BCUT2D eigenvalue weighted by Gasteiger charge is -2.20. The first-order valence-electron chi connectivity index (χ1n) is 9.53. The maximum absolute atomic E-state index is 12.7. The number of aromatic nitrogens is 2. The van der Waals surface area contributed by atoms with E-state index in [-0.39, 0.29) is 24.5 Å². The summed E-state index contributed by atoms with van der Waals surface area (Å²) in [4.78, 5) is 24.3. The topological polar surface area (TPSA) is 94.5 Å². The van der Waals surface area contributed by atoms with Crippen LogP contribution in [-0.2, 0) is 4.79 Å². The number of hydrogen-bond acceptors (Lipinski definition) is 5. The van der Waals surface area contributed by atoms with Gasteiger partial charge in [-0.15, -0.1) is 0 Å². The van der Waals surface area contributed by atoms with Crippen LogP contribution < -0.4 is 20.1 Å². The van der Waals surface area contributed by atoms with Crippen LogP contribution in [0.5, 0.6) is 11.5 Å². The summed E-state index contributed by atoms with van der Waals surface area (Å²) in [5.41, 5.74) is 3.55. The molecule has 1 aliphatic rings. The van der Waals surface area contributed by atoms with E-state index in [1.165, 1.54) is 0 Å². The number of anilines is 1. The second-order valence-electron chi connectivity index (χ2n) is 7.11. The zero-order valence-corrected chi connectivity index (χ0v) is 16.9. The fraction of sp³-hybridized carbons (Fsp3) is 0.227. The molecule has 0 fully saturated rings. The molecular weight excluding hydrogens is 384 g/mol. The number of amides is 2. The monoisotopic (exact) mass is 406 g/mol. The Morgan fingerprint density at radius 1 is 1.27 bits per heavy atom. The number of ether oxygens (including phenoxy) is 2. The second kappa shape index (κ2) is 7.90. The van der Waals surface area contributed by atoms with Crippen molar-refractivity contribution in [2.75, 3.05) is 19.0 Å². The Labute approximate surface area is 173 Å². The van der Waals surface area contributed by atoms with Crippen molar-refractivity contribution in [3.05, 3.63) is 65.5 Å². The van der Waals surface area contributed by atoms with E-state index in [4.69, 9.17) is 9.47 Å². The van der Waals surface area contributed by atoms with E-state index >= 15 is 0 Å². The molecule has 0 spiro atoms. The minimum Gasteiger partial charge on any atom is -0.494 e. The summed E-state index contributed by atoms with van der Waals surface area (Å²) in [6, 6.07) is 12.6. The van der Waals surface area contributed by atoms with Gasteiger partial charge in [0, 0.05) is 6.20 Å². The lowest BCUT2D eigenvalue weighted by molar-refractivity contribution is -0.118. The van der Waals surface area contributed by atoms with Crippen LogP contribution >= 0.6 is 0 Å². The fourth-order valence-electron chi connectivity index (χ4n) is 3.28. The highest BCUT2D eigenvalue weighted by Crippen LogP contribution is 2.30. The molecule has 1 unspecified atom stereocenters. The van der Waals surface area contributed by atoms with Crippen molar-refractivity contribution in [3.63, 3.8) is 0 Å². The SMILES string of the molecule is COc1ccc(C)cc1-n1ccc(C(=O)NC(C)c2ccc3c(c2)NC(=O)CO3)n1. The van der Waals surface area contributed by atoms with Gasteiger partial charge in [-0.25, -0.2) is 4.68 Å². The van der Waals surface area contributed by atoms with Crippen LogP contribution in [0.3, 0.4) is 0 Å². The maximum Gasteiger partial charge on any atom is 0.272 e. The number of nitrogens with zero attached hydrogens (tertiary/aromatic N) is 2. The zero-order valence-electron chi connectivity index (χ0n) is 16.9. The van der Waals surface area contributed by atoms with E-state index in [1.807, 2.05) is 38.1 Å².